The minimum atomic E-state index is 0.168. The largest absolute Gasteiger partial charge is 0.356 e. The highest BCUT2D eigenvalue weighted by atomic mass is 32.2. The van der Waals surface area contributed by atoms with E-state index in [9.17, 15) is 4.79 Å². The van der Waals surface area contributed by atoms with E-state index in [0.29, 0.717) is 18.4 Å². The van der Waals surface area contributed by atoms with Gasteiger partial charge in [0.05, 0.1) is 0 Å². The summed E-state index contributed by atoms with van der Waals surface area (Å²) in [5.74, 6) is 3.17. The highest BCUT2D eigenvalue weighted by Gasteiger charge is 2.14. The molecule has 1 amide bonds. The zero-order valence-electron chi connectivity index (χ0n) is 9.71. The average Bonchev–Trinajstić information content (AvgIpc) is 2.67. The lowest BCUT2D eigenvalue weighted by Gasteiger charge is -2.11. The number of hydrogen-bond acceptors (Lipinski definition) is 3. The van der Waals surface area contributed by atoms with Crippen molar-refractivity contribution in [2.24, 2.45) is 5.92 Å². The molecule has 88 valence electrons. The molecule has 15 heavy (non-hydrogen) atoms. The van der Waals surface area contributed by atoms with E-state index in [4.69, 9.17) is 0 Å². The van der Waals surface area contributed by atoms with Crippen LogP contribution in [0.15, 0.2) is 0 Å². The quantitative estimate of drug-likeness (QED) is 0.721. The van der Waals surface area contributed by atoms with Crippen molar-refractivity contribution in [3.8, 4) is 0 Å². The van der Waals surface area contributed by atoms with Gasteiger partial charge in [0.1, 0.15) is 0 Å². The van der Waals surface area contributed by atoms with E-state index < -0.39 is 0 Å². The van der Waals surface area contributed by atoms with Crippen LogP contribution in [0.3, 0.4) is 0 Å². The summed E-state index contributed by atoms with van der Waals surface area (Å²) >= 11 is 1.99. The van der Waals surface area contributed by atoms with Crippen molar-refractivity contribution in [2.75, 3.05) is 24.6 Å². The molecule has 3 nitrogen and oxygen atoms in total. The molecular weight excluding hydrogens is 208 g/mol. The van der Waals surface area contributed by atoms with E-state index in [-0.39, 0.29) is 5.91 Å². The molecule has 0 aromatic carbocycles. The van der Waals surface area contributed by atoms with Crippen molar-refractivity contribution in [3.05, 3.63) is 0 Å². The van der Waals surface area contributed by atoms with Crippen LogP contribution in [-0.4, -0.2) is 36.5 Å². The summed E-state index contributed by atoms with van der Waals surface area (Å²) in [6.45, 7) is 5.82. The molecule has 0 aliphatic carbocycles. The zero-order valence-corrected chi connectivity index (χ0v) is 10.5. The molecule has 1 saturated heterocycles. The van der Waals surface area contributed by atoms with Crippen LogP contribution < -0.4 is 10.6 Å². The highest BCUT2D eigenvalue weighted by Crippen LogP contribution is 2.16. The Labute approximate surface area is 96.8 Å². The van der Waals surface area contributed by atoms with Gasteiger partial charge in [0.25, 0.3) is 0 Å². The minimum absolute atomic E-state index is 0.168. The third kappa shape index (κ3) is 6.05. The predicted molar refractivity (Wildman–Crippen MR) is 66.2 cm³/mol. The minimum Gasteiger partial charge on any atom is -0.356 e. The van der Waals surface area contributed by atoms with Gasteiger partial charge in [-0.3, -0.25) is 4.79 Å². The maximum absolute atomic E-state index is 11.4. The molecule has 1 atom stereocenters. The molecule has 0 bridgehead atoms. The van der Waals surface area contributed by atoms with Gasteiger partial charge < -0.3 is 10.6 Å². The number of thioether (sulfide) groups is 1. The number of amides is 1. The molecule has 0 radical (unpaired) electrons. The third-order valence-electron chi connectivity index (χ3n) is 2.42. The van der Waals surface area contributed by atoms with Gasteiger partial charge in [-0.25, -0.2) is 0 Å². The van der Waals surface area contributed by atoms with Gasteiger partial charge in [-0.05, 0) is 18.1 Å². The maximum atomic E-state index is 11.4. The summed E-state index contributed by atoms with van der Waals surface area (Å²) in [5, 5.41) is 6.34. The van der Waals surface area contributed by atoms with Gasteiger partial charge in [0.2, 0.25) is 5.91 Å². The lowest BCUT2D eigenvalue weighted by Crippen LogP contribution is -2.34. The van der Waals surface area contributed by atoms with E-state index in [1.807, 2.05) is 11.8 Å². The van der Waals surface area contributed by atoms with E-state index in [0.717, 1.165) is 13.1 Å². The van der Waals surface area contributed by atoms with E-state index in [1.54, 1.807) is 0 Å². The first-order valence-corrected chi connectivity index (χ1v) is 6.91. The summed E-state index contributed by atoms with van der Waals surface area (Å²) < 4.78 is 0. The topological polar surface area (TPSA) is 41.1 Å². The van der Waals surface area contributed by atoms with Crippen LogP contribution in [-0.2, 0) is 4.79 Å². The molecule has 0 spiro atoms. The SMILES string of the molecule is CC(C)CNC(=O)CCNC1CCSC1. The van der Waals surface area contributed by atoms with Crippen LogP contribution in [0.4, 0.5) is 0 Å². The third-order valence-corrected chi connectivity index (χ3v) is 3.58. The van der Waals surface area contributed by atoms with Crippen LogP contribution in [0.2, 0.25) is 0 Å². The Kier molecular flexibility index (Phi) is 6.10. The van der Waals surface area contributed by atoms with Crippen LogP contribution >= 0.6 is 11.8 Å². The fourth-order valence-corrected chi connectivity index (χ4v) is 2.68. The normalized spacial score (nSPS) is 20.9. The molecule has 1 fully saturated rings. The number of carbonyl (C=O) groups is 1. The molecule has 0 aromatic heterocycles. The Morgan fingerprint density at radius 3 is 2.93 bits per heavy atom. The lowest BCUT2D eigenvalue weighted by atomic mass is 10.2. The molecule has 1 rings (SSSR count). The van der Waals surface area contributed by atoms with Crippen LogP contribution in [0, 0.1) is 5.92 Å². The van der Waals surface area contributed by atoms with Crippen LogP contribution in [0.1, 0.15) is 26.7 Å². The van der Waals surface area contributed by atoms with Crippen molar-refractivity contribution in [2.45, 2.75) is 32.7 Å². The zero-order chi connectivity index (χ0) is 11.1. The molecule has 1 aliphatic rings. The van der Waals surface area contributed by atoms with Gasteiger partial charge in [-0.2, -0.15) is 11.8 Å². The first-order valence-electron chi connectivity index (χ1n) is 5.76. The van der Waals surface area contributed by atoms with Crippen molar-refractivity contribution in [1.82, 2.24) is 10.6 Å². The molecule has 4 heteroatoms. The second kappa shape index (κ2) is 7.12. The molecule has 0 aromatic rings. The first-order chi connectivity index (χ1) is 7.18. The van der Waals surface area contributed by atoms with Gasteiger partial charge >= 0.3 is 0 Å². The molecule has 0 saturated carbocycles. The van der Waals surface area contributed by atoms with Crippen molar-refractivity contribution in [3.63, 3.8) is 0 Å². The monoisotopic (exact) mass is 230 g/mol. The van der Waals surface area contributed by atoms with Crippen molar-refractivity contribution >= 4 is 17.7 Å². The number of carbonyl (C=O) groups excluding carboxylic acids is 1. The molecule has 1 aliphatic heterocycles. The second-order valence-corrected chi connectivity index (χ2v) is 5.61. The molecule has 1 heterocycles. The number of rotatable bonds is 6. The Morgan fingerprint density at radius 1 is 1.53 bits per heavy atom. The summed E-state index contributed by atoms with van der Waals surface area (Å²) in [6, 6.07) is 0.632. The van der Waals surface area contributed by atoms with Crippen molar-refractivity contribution < 1.29 is 4.79 Å². The Bertz CT molecular complexity index is 191. The molecular formula is C11H22N2OS. The second-order valence-electron chi connectivity index (χ2n) is 4.46. The fraction of sp³-hybridized carbons (Fsp3) is 0.909. The van der Waals surface area contributed by atoms with E-state index in [2.05, 4.69) is 24.5 Å². The van der Waals surface area contributed by atoms with Gasteiger partial charge in [0, 0.05) is 31.3 Å². The van der Waals surface area contributed by atoms with Gasteiger partial charge in [-0.15, -0.1) is 0 Å². The summed E-state index contributed by atoms with van der Waals surface area (Å²) in [4.78, 5) is 11.4. The Balaban J connectivity index is 1.96. The Morgan fingerprint density at radius 2 is 2.33 bits per heavy atom. The van der Waals surface area contributed by atoms with Gasteiger partial charge in [-0.1, -0.05) is 13.8 Å². The summed E-state index contributed by atoms with van der Waals surface area (Å²) in [6.07, 6.45) is 1.85. The standard InChI is InChI=1S/C11H22N2OS/c1-9(2)7-13-11(14)3-5-12-10-4-6-15-8-10/h9-10,12H,3-8H2,1-2H3,(H,13,14). The van der Waals surface area contributed by atoms with E-state index in [1.165, 1.54) is 17.9 Å². The Hall–Kier alpha value is -0.220. The smallest absolute Gasteiger partial charge is 0.221 e. The highest BCUT2D eigenvalue weighted by molar-refractivity contribution is 7.99. The predicted octanol–water partition coefficient (Wildman–Crippen LogP) is 1.24. The lowest BCUT2D eigenvalue weighted by molar-refractivity contribution is -0.121. The number of nitrogens with one attached hydrogen (secondary N) is 2. The maximum Gasteiger partial charge on any atom is 0.221 e. The molecule has 2 N–H and O–H groups in total. The summed E-state index contributed by atoms with van der Waals surface area (Å²) in [5.41, 5.74) is 0. The summed E-state index contributed by atoms with van der Waals surface area (Å²) in [7, 11) is 0. The average molecular weight is 230 g/mol. The van der Waals surface area contributed by atoms with Crippen molar-refractivity contribution in [1.29, 1.82) is 0 Å². The number of hydrogen-bond donors (Lipinski definition) is 2. The van der Waals surface area contributed by atoms with Crippen LogP contribution in [0.25, 0.3) is 0 Å². The van der Waals surface area contributed by atoms with E-state index >= 15 is 0 Å². The molecule has 1 unspecified atom stereocenters. The van der Waals surface area contributed by atoms with Gasteiger partial charge in [0.15, 0.2) is 0 Å². The fourth-order valence-electron chi connectivity index (χ4n) is 1.49. The first kappa shape index (κ1) is 12.8. The van der Waals surface area contributed by atoms with Crippen LogP contribution in [0.5, 0.6) is 0 Å².